The molecule has 1 aliphatic heterocycles. The number of hydrogen-bond donors (Lipinski definition) is 0. The molecule has 2 aliphatic rings. The van der Waals surface area contributed by atoms with Crippen LogP contribution in [0.2, 0.25) is 0 Å². The Morgan fingerprint density at radius 3 is 2.35 bits per heavy atom. The molecule has 0 spiro atoms. The summed E-state index contributed by atoms with van der Waals surface area (Å²) in [5, 5.41) is 0. The Kier molecular flexibility index (Phi) is 5.97. The van der Waals surface area contributed by atoms with E-state index < -0.39 is 5.82 Å². The van der Waals surface area contributed by atoms with Crippen molar-refractivity contribution in [1.29, 1.82) is 0 Å². The molecule has 4 nitrogen and oxygen atoms in total. The average Bonchev–Trinajstić information content (AvgIpc) is 2.84. The van der Waals surface area contributed by atoms with Crippen LogP contribution in [0.1, 0.15) is 42.7 Å². The Bertz CT molecular complexity index is 1270. The fourth-order valence-corrected chi connectivity index (χ4v) is 4.73. The molecular formula is C28H23F2NO3. The first-order valence-corrected chi connectivity index (χ1v) is 11.3. The number of para-hydroxylation sites is 1. The zero-order valence-corrected chi connectivity index (χ0v) is 18.5. The van der Waals surface area contributed by atoms with E-state index in [1.807, 2.05) is 12.1 Å². The van der Waals surface area contributed by atoms with E-state index in [9.17, 15) is 18.4 Å². The maximum Gasteiger partial charge on any atom is 0.232 e. The minimum atomic E-state index is -0.484. The van der Waals surface area contributed by atoms with Gasteiger partial charge in [0.2, 0.25) is 5.91 Å². The van der Waals surface area contributed by atoms with E-state index in [4.69, 9.17) is 4.74 Å². The molecule has 0 radical (unpaired) electrons. The van der Waals surface area contributed by atoms with E-state index in [0.717, 1.165) is 11.1 Å². The zero-order valence-electron chi connectivity index (χ0n) is 18.5. The van der Waals surface area contributed by atoms with Crippen LogP contribution in [0.15, 0.2) is 84.1 Å². The number of hydrogen-bond acceptors (Lipinski definition) is 3. The van der Waals surface area contributed by atoms with Gasteiger partial charge in [-0.2, -0.15) is 0 Å². The molecule has 0 bridgehead atoms. The fraction of sp³-hybridized carbons (Fsp3) is 0.214. The summed E-state index contributed by atoms with van der Waals surface area (Å²) >= 11 is 0. The summed E-state index contributed by atoms with van der Waals surface area (Å²) in [4.78, 5) is 27.6. The summed E-state index contributed by atoms with van der Waals surface area (Å²) in [6.45, 7) is 0.299. The van der Waals surface area contributed by atoms with Crippen LogP contribution in [0.4, 0.5) is 14.5 Å². The Hall–Kier alpha value is -3.80. The number of rotatable bonds is 5. The first-order chi connectivity index (χ1) is 16.5. The first-order valence-electron chi connectivity index (χ1n) is 11.3. The van der Waals surface area contributed by atoms with E-state index in [2.05, 4.69) is 0 Å². The molecule has 1 amide bonds. The van der Waals surface area contributed by atoms with Crippen molar-refractivity contribution in [3.63, 3.8) is 0 Å². The molecule has 172 valence electrons. The van der Waals surface area contributed by atoms with Gasteiger partial charge in [0.15, 0.2) is 5.78 Å². The normalized spacial score (nSPS) is 18.2. The Balaban J connectivity index is 1.42. The fourth-order valence-electron chi connectivity index (χ4n) is 4.73. The number of benzene rings is 3. The van der Waals surface area contributed by atoms with Crippen LogP contribution < -0.4 is 9.64 Å². The number of amides is 1. The van der Waals surface area contributed by atoms with Gasteiger partial charge >= 0.3 is 0 Å². The number of anilines is 1. The van der Waals surface area contributed by atoms with Crippen molar-refractivity contribution in [2.24, 2.45) is 0 Å². The quantitative estimate of drug-likeness (QED) is 0.465. The van der Waals surface area contributed by atoms with Crippen LogP contribution in [-0.2, 0) is 16.2 Å². The summed E-state index contributed by atoms with van der Waals surface area (Å²) in [6.07, 6.45) is 1.71. The van der Waals surface area contributed by atoms with Gasteiger partial charge in [-0.05, 0) is 60.4 Å². The van der Waals surface area contributed by atoms with Gasteiger partial charge in [0.25, 0.3) is 0 Å². The van der Waals surface area contributed by atoms with Crippen LogP contribution in [0.25, 0.3) is 0 Å². The lowest BCUT2D eigenvalue weighted by molar-refractivity contribution is -0.120. The van der Waals surface area contributed by atoms with Crippen molar-refractivity contribution >= 4 is 17.4 Å². The maximum absolute atomic E-state index is 14.5. The number of nitrogens with zero attached hydrogens (tertiary/aromatic N) is 1. The minimum absolute atomic E-state index is 0.0109. The van der Waals surface area contributed by atoms with Crippen LogP contribution >= 0.6 is 0 Å². The lowest BCUT2D eigenvalue weighted by Crippen LogP contribution is -2.41. The molecule has 6 heteroatoms. The SMILES string of the molecule is O=C1CCCC2=C1C(c1ccc(OCc3ccc(F)cc3)cc1)CC(=O)N2c1ccccc1F. The van der Waals surface area contributed by atoms with Crippen LogP contribution in [0.5, 0.6) is 5.75 Å². The number of Topliss-reactive ketones (excluding diaryl/α,β-unsaturated/α-hetero) is 1. The molecule has 3 aromatic carbocycles. The molecular weight excluding hydrogens is 436 g/mol. The highest BCUT2D eigenvalue weighted by Gasteiger charge is 2.40. The topological polar surface area (TPSA) is 46.6 Å². The standard InChI is InChI=1S/C28H23F2NO3/c29-20-12-8-18(9-13-20)17-34-21-14-10-19(11-15-21)22-16-27(33)31(24-5-2-1-4-23(24)30)25-6-3-7-26(32)28(22)25/h1-2,4-5,8-15,22H,3,6-7,16-17H2. The molecule has 0 fully saturated rings. The van der Waals surface area contributed by atoms with Gasteiger partial charge in [-0.25, -0.2) is 8.78 Å². The zero-order chi connectivity index (χ0) is 23.7. The lowest BCUT2D eigenvalue weighted by atomic mass is 9.77. The third-order valence-electron chi connectivity index (χ3n) is 6.37. The van der Waals surface area contributed by atoms with Crippen molar-refractivity contribution in [3.8, 4) is 5.75 Å². The molecule has 1 heterocycles. The van der Waals surface area contributed by atoms with Gasteiger partial charge in [0, 0.05) is 30.0 Å². The van der Waals surface area contributed by atoms with Gasteiger partial charge in [-0.1, -0.05) is 36.4 Å². The summed E-state index contributed by atoms with van der Waals surface area (Å²) in [6, 6.07) is 19.6. The molecule has 0 saturated carbocycles. The van der Waals surface area contributed by atoms with E-state index in [-0.39, 0.29) is 35.5 Å². The maximum atomic E-state index is 14.5. The third kappa shape index (κ3) is 4.23. The highest BCUT2D eigenvalue weighted by atomic mass is 19.1. The van der Waals surface area contributed by atoms with Crippen molar-refractivity contribution in [3.05, 3.63) is 107 Å². The predicted molar refractivity (Wildman–Crippen MR) is 124 cm³/mol. The molecule has 1 aliphatic carbocycles. The van der Waals surface area contributed by atoms with Gasteiger partial charge < -0.3 is 4.74 Å². The molecule has 5 rings (SSSR count). The second-order valence-electron chi connectivity index (χ2n) is 8.56. The second kappa shape index (κ2) is 9.21. The Labute approximate surface area is 196 Å². The third-order valence-corrected chi connectivity index (χ3v) is 6.37. The van der Waals surface area contributed by atoms with Crippen LogP contribution in [-0.4, -0.2) is 11.7 Å². The smallest absolute Gasteiger partial charge is 0.232 e. The molecule has 34 heavy (non-hydrogen) atoms. The monoisotopic (exact) mass is 459 g/mol. The molecule has 3 aromatic rings. The molecule has 0 aromatic heterocycles. The van der Waals surface area contributed by atoms with Crippen molar-refractivity contribution in [2.45, 2.75) is 38.2 Å². The largest absolute Gasteiger partial charge is 0.489 e. The van der Waals surface area contributed by atoms with E-state index in [0.29, 0.717) is 42.9 Å². The highest BCUT2D eigenvalue weighted by molar-refractivity contribution is 6.07. The molecule has 0 saturated heterocycles. The van der Waals surface area contributed by atoms with E-state index >= 15 is 0 Å². The van der Waals surface area contributed by atoms with Crippen molar-refractivity contribution < 1.29 is 23.1 Å². The molecule has 1 unspecified atom stereocenters. The van der Waals surface area contributed by atoms with Crippen LogP contribution in [0.3, 0.4) is 0 Å². The lowest BCUT2D eigenvalue weighted by Gasteiger charge is -2.38. The van der Waals surface area contributed by atoms with Crippen molar-refractivity contribution in [1.82, 2.24) is 0 Å². The molecule has 1 atom stereocenters. The van der Waals surface area contributed by atoms with Gasteiger partial charge in [0.1, 0.15) is 24.0 Å². The number of carbonyl (C=O) groups is 2. The Morgan fingerprint density at radius 2 is 1.62 bits per heavy atom. The summed E-state index contributed by atoms with van der Waals surface area (Å²) in [5.41, 5.74) is 3.10. The molecule has 0 N–H and O–H groups in total. The Morgan fingerprint density at radius 1 is 0.882 bits per heavy atom. The van der Waals surface area contributed by atoms with Gasteiger partial charge in [-0.15, -0.1) is 0 Å². The van der Waals surface area contributed by atoms with E-state index in [1.54, 1.807) is 42.5 Å². The average molecular weight is 459 g/mol. The first kappa shape index (κ1) is 22.0. The predicted octanol–water partition coefficient (Wildman–Crippen LogP) is 6.07. The highest BCUT2D eigenvalue weighted by Crippen LogP contribution is 2.44. The van der Waals surface area contributed by atoms with Gasteiger partial charge in [0.05, 0.1) is 5.69 Å². The van der Waals surface area contributed by atoms with Gasteiger partial charge in [-0.3, -0.25) is 14.5 Å². The number of carbonyl (C=O) groups excluding carboxylic acids is 2. The van der Waals surface area contributed by atoms with Crippen LogP contribution in [0, 0.1) is 11.6 Å². The van der Waals surface area contributed by atoms with Crippen molar-refractivity contribution in [2.75, 3.05) is 4.90 Å². The second-order valence-corrected chi connectivity index (χ2v) is 8.56. The summed E-state index contributed by atoms with van der Waals surface area (Å²) < 4.78 is 33.4. The number of allylic oxidation sites excluding steroid dienone is 2. The number of ether oxygens (including phenoxy) is 1. The minimum Gasteiger partial charge on any atom is -0.489 e. The summed E-state index contributed by atoms with van der Waals surface area (Å²) in [7, 11) is 0. The number of ketones is 1. The number of halogens is 2. The summed E-state index contributed by atoms with van der Waals surface area (Å²) in [5.74, 6) is -0.731. The van der Waals surface area contributed by atoms with E-state index in [1.165, 1.54) is 23.1 Å².